The number of aromatic hydroxyl groups is 2. The third-order valence-corrected chi connectivity index (χ3v) is 3.35. The SMILES string of the molecule is CCCCCc1cccc(O)c1-c1ccccc1O. The molecule has 2 rings (SSSR count). The maximum absolute atomic E-state index is 10.1. The van der Waals surface area contributed by atoms with Gasteiger partial charge in [-0.05, 0) is 30.5 Å². The zero-order chi connectivity index (χ0) is 13.7. The fourth-order valence-electron chi connectivity index (χ4n) is 2.36. The number of aryl methyl sites for hydroxylation is 1. The normalized spacial score (nSPS) is 10.6. The van der Waals surface area contributed by atoms with Crippen molar-refractivity contribution in [2.75, 3.05) is 0 Å². The minimum Gasteiger partial charge on any atom is -0.507 e. The smallest absolute Gasteiger partial charge is 0.123 e. The fourth-order valence-corrected chi connectivity index (χ4v) is 2.36. The van der Waals surface area contributed by atoms with Crippen molar-refractivity contribution >= 4 is 0 Å². The summed E-state index contributed by atoms with van der Waals surface area (Å²) in [5, 5.41) is 20.1. The molecule has 0 amide bonds. The van der Waals surface area contributed by atoms with Crippen LogP contribution in [0.2, 0.25) is 0 Å². The Hall–Kier alpha value is -1.96. The number of para-hydroxylation sites is 1. The third kappa shape index (κ3) is 3.08. The predicted octanol–water partition coefficient (Wildman–Crippen LogP) is 4.50. The average Bonchev–Trinajstić information content (AvgIpc) is 2.41. The molecule has 0 aliphatic heterocycles. The number of phenols is 2. The Bertz CT molecular complexity index is 547. The highest BCUT2D eigenvalue weighted by Gasteiger charge is 2.12. The summed E-state index contributed by atoms with van der Waals surface area (Å²) < 4.78 is 0. The van der Waals surface area contributed by atoms with Crippen molar-refractivity contribution in [3.8, 4) is 22.6 Å². The Kier molecular flexibility index (Phi) is 4.45. The van der Waals surface area contributed by atoms with Crippen LogP contribution >= 0.6 is 0 Å². The van der Waals surface area contributed by atoms with Crippen LogP contribution in [0.3, 0.4) is 0 Å². The number of unbranched alkanes of at least 4 members (excludes halogenated alkanes) is 2. The van der Waals surface area contributed by atoms with Gasteiger partial charge in [0.2, 0.25) is 0 Å². The van der Waals surface area contributed by atoms with Gasteiger partial charge in [0.25, 0.3) is 0 Å². The highest BCUT2D eigenvalue weighted by atomic mass is 16.3. The molecule has 0 heterocycles. The van der Waals surface area contributed by atoms with Gasteiger partial charge in [0.15, 0.2) is 0 Å². The Labute approximate surface area is 114 Å². The number of hydrogen-bond donors (Lipinski definition) is 2. The predicted molar refractivity (Wildman–Crippen MR) is 78.4 cm³/mol. The van der Waals surface area contributed by atoms with E-state index in [1.165, 1.54) is 12.8 Å². The first-order chi connectivity index (χ1) is 9.24. The van der Waals surface area contributed by atoms with E-state index in [0.29, 0.717) is 5.56 Å². The zero-order valence-corrected chi connectivity index (χ0v) is 11.3. The first kappa shape index (κ1) is 13.5. The number of hydrogen-bond acceptors (Lipinski definition) is 2. The number of phenolic OH excluding ortho intramolecular Hbond substituents is 2. The molecule has 100 valence electrons. The van der Waals surface area contributed by atoms with Crippen LogP contribution in [-0.2, 0) is 6.42 Å². The Morgan fingerprint density at radius 2 is 1.58 bits per heavy atom. The maximum Gasteiger partial charge on any atom is 0.123 e. The molecule has 2 aromatic rings. The molecular weight excluding hydrogens is 236 g/mol. The molecule has 0 radical (unpaired) electrons. The van der Waals surface area contributed by atoms with Crippen LogP contribution in [-0.4, -0.2) is 10.2 Å². The molecule has 0 saturated heterocycles. The lowest BCUT2D eigenvalue weighted by atomic mass is 9.94. The Morgan fingerprint density at radius 3 is 2.32 bits per heavy atom. The van der Waals surface area contributed by atoms with Crippen LogP contribution in [0.15, 0.2) is 42.5 Å². The molecule has 0 bridgehead atoms. The highest BCUT2D eigenvalue weighted by Crippen LogP contribution is 2.38. The van der Waals surface area contributed by atoms with Gasteiger partial charge in [-0.15, -0.1) is 0 Å². The van der Waals surface area contributed by atoms with E-state index in [-0.39, 0.29) is 11.5 Å². The average molecular weight is 256 g/mol. The fraction of sp³-hybridized carbons (Fsp3) is 0.294. The van der Waals surface area contributed by atoms with Gasteiger partial charge in [-0.3, -0.25) is 0 Å². The van der Waals surface area contributed by atoms with Crippen LogP contribution in [0.5, 0.6) is 11.5 Å². The molecule has 2 aromatic carbocycles. The van der Waals surface area contributed by atoms with E-state index in [0.717, 1.165) is 24.0 Å². The van der Waals surface area contributed by atoms with Crippen molar-refractivity contribution < 1.29 is 10.2 Å². The van der Waals surface area contributed by atoms with Crippen molar-refractivity contribution in [2.45, 2.75) is 32.6 Å². The lowest BCUT2D eigenvalue weighted by molar-refractivity contribution is 0.468. The molecule has 0 aliphatic rings. The van der Waals surface area contributed by atoms with Crippen molar-refractivity contribution in [2.24, 2.45) is 0 Å². The quantitative estimate of drug-likeness (QED) is 0.773. The van der Waals surface area contributed by atoms with E-state index < -0.39 is 0 Å². The van der Waals surface area contributed by atoms with E-state index in [2.05, 4.69) is 6.92 Å². The summed E-state index contributed by atoms with van der Waals surface area (Å²) >= 11 is 0. The number of rotatable bonds is 5. The van der Waals surface area contributed by atoms with Gasteiger partial charge in [0, 0.05) is 11.1 Å². The summed E-state index contributed by atoms with van der Waals surface area (Å²) in [6.45, 7) is 2.17. The van der Waals surface area contributed by atoms with Crippen LogP contribution in [0.25, 0.3) is 11.1 Å². The Balaban J connectivity index is 2.41. The molecule has 0 spiro atoms. The van der Waals surface area contributed by atoms with E-state index in [1.54, 1.807) is 18.2 Å². The standard InChI is InChI=1S/C17H20O2/c1-2-3-4-8-13-9-7-12-16(19)17(13)14-10-5-6-11-15(14)18/h5-7,9-12,18-19H,2-4,8H2,1H3. The van der Waals surface area contributed by atoms with Crippen LogP contribution < -0.4 is 0 Å². The van der Waals surface area contributed by atoms with E-state index in [4.69, 9.17) is 0 Å². The maximum atomic E-state index is 10.1. The van der Waals surface area contributed by atoms with Gasteiger partial charge in [-0.1, -0.05) is 50.1 Å². The molecular formula is C17H20O2. The Morgan fingerprint density at radius 1 is 0.842 bits per heavy atom. The van der Waals surface area contributed by atoms with Crippen molar-refractivity contribution in [1.82, 2.24) is 0 Å². The van der Waals surface area contributed by atoms with Gasteiger partial charge in [-0.25, -0.2) is 0 Å². The first-order valence-corrected chi connectivity index (χ1v) is 6.83. The summed E-state index contributed by atoms with van der Waals surface area (Å²) in [5.41, 5.74) is 2.55. The lowest BCUT2D eigenvalue weighted by Gasteiger charge is -2.13. The third-order valence-electron chi connectivity index (χ3n) is 3.35. The molecule has 0 saturated carbocycles. The van der Waals surface area contributed by atoms with E-state index in [1.807, 2.05) is 24.3 Å². The minimum absolute atomic E-state index is 0.209. The van der Waals surface area contributed by atoms with Crippen molar-refractivity contribution in [1.29, 1.82) is 0 Å². The first-order valence-electron chi connectivity index (χ1n) is 6.83. The highest BCUT2D eigenvalue weighted by molar-refractivity contribution is 5.78. The van der Waals surface area contributed by atoms with Crippen LogP contribution in [0.4, 0.5) is 0 Å². The summed E-state index contributed by atoms with van der Waals surface area (Å²) in [7, 11) is 0. The topological polar surface area (TPSA) is 40.5 Å². The number of benzene rings is 2. The summed E-state index contributed by atoms with van der Waals surface area (Å²) in [5.74, 6) is 0.441. The molecule has 0 atom stereocenters. The zero-order valence-electron chi connectivity index (χ0n) is 11.3. The molecule has 2 heteroatoms. The van der Waals surface area contributed by atoms with E-state index in [9.17, 15) is 10.2 Å². The van der Waals surface area contributed by atoms with E-state index >= 15 is 0 Å². The monoisotopic (exact) mass is 256 g/mol. The van der Waals surface area contributed by atoms with Crippen molar-refractivity contribution in [3.63, 3.8) is 0 Å². The van der Waals surface area contributed by atoms with Gasteiger partial charge in [0.1, 0.15) is 11.5 Å². The van der Waals surface area contributed by atoms with Gasteiger partial charge < -0.3 is 10.2 Å². The van der Waals surface area contributed by atoms with Crippen LogP contribution in [0, 0.1) is 0 Å². The lowest BCUT2D eigenvalue weighted by Crippen LogP contribution is -1.92. The van der Waals surface area contributed by atoms with Crippen molar-refractivity contribution in [3.05, 3.63) is 48.0 Å². The molecule has 0 fully saturated rings. The van der Waals surface area contributed by atoms with Gasteiger partial charge in [-0.2, -0.15) is 0 Å². The molecule has 0 unspecified atom stereocenters. The summed E-state index contributed by atoms with van der Waals surface area (Å²) in [6, 6.07) is 12.7. The second kappa shape index (κ2) is 6.28. The second-order valence-electron chi connectivity index (χ2n) is 4.79. The van der Waals surface area contributed by atoms with Crippen LogP contribution in [0.1, 0.15) is 31.7 Å². The molecule has 19 heavy (non-hydrogen) atoms. The summed E-state index contributed by atoms with van der Waals surface area (Å²) in [6.07, 6.45) is 4.37. The van der Waals surface area contributed by atoms with Gasteiger partial charge >= 0.3 is 0 Å². The molecule has 2 nitrogen and oxygen atoms in total. The molecule has 0 aromatic heterocycles. The second-order valence-corrected chi connectivity index (χ2v) is 4.79. The molecule has 0 aliphatic carbocycles. The minimum atomic E-state index is 0.209. The summed E-state index contributed by atoms with van der Waals surface area (Å²) in [4.78, 5) is 0. The van der Waals surface area contributed by atoms with Gasteiger partial charge in [0.05, 0.1) is 0 Å². The molecule has 2 N–H and O–H groups in total. The largest absolute Gasteiger partial charge is 0.507 e.